The van der Waals surface area contributed by atoms with E-state index in [2.05, 4.69) is 6.58 Å². The first kappa shape index (κ1) is 15.9. The van der Waals surface area contributed by atoms with Crippen molar-refractivity contribution in [3.05, 3.63) is 89.3 Å². The Morgan fingerprint density at radius 3 is 2.21 bits per heavy atom. The summed E-state index contributed by atoms with van der Waals surface area (Å²) in [7, 11) is 0. The molecule has 118 valence electrons. The van der Waals surface area contributed by atoms with Crippen LogP contribution in [0.3, 0.4) is 0 Å². The number of hydrogen-bond acceptors (Lipinski definition) is 3. The van der Waals surface area contributed by atoms with Gasteiger partial charge in [-0.05, 0) is 40.8 Å². The number of ketones is 1. The topological polar surface area (TPSA) is 54.4 Å². The van der Waals surface area contributed by atoms with E-state index in [0.717, 1.165) is 16.0 Å². The maximum atomic E-state index is 12.6. The van der Waals surface area contributed by atoms with Crippen LogP contribution in [-0.2, 0) is 0 Å². The van der Waals surface area contributed by atoms with Gasteiger partial charge in [-0.25, -0.2) is 4.79 Å². The molecule has 0 fully saturated rings. The molecule has 0 aliphatic rings. The van der Waals surface area contributed by atoms with Crippen LogP contribution in [-0.4, -0.2) is 16.9 Å². The highest BCUT2D eigenvalue weighted by Gasteiger charge is 2.14. The van der Waals surface area contributed by atoms with Crippen LogP contribution in [0.4, 0.5) is 0 Å². The fourth-order valence-corrected chi connectivity index (χ4v) is 3.10. The van der Waals surface area contributed by atoms with Crippen molar-refractivity contribution in [2.45, 2.75) is 0 Å². The van der Waals surface area contributed by atoms with E-state index in [4.69, 9.17) is 5.11 Å². The molecule has 0 atom stereocenters. The standard InChI is InChI=1S/C20H14O3S/c1-13(19(21)14-7-9-15(10-8-14)20(22)23)16-4-2-5-17(12-16)18-6-3-11-24-18/h2-12H,1H2,(H,22,23). The quantitative estimate of drug-likeness (QED) is 0.527. The number of carboxylic acids is 1. The van der Waals surface area contributed by atoms with Crippen LogP contribution in [0.2, 0.25) is 0 Å². The first-order chi connectivity index (χ1) is 11.6. The first-order valence-electron chi connectivity index (χ1n) is 7.27. The Bertz CT molecular complexity index is 906. The lowest BCUT2D eigenvalue weighted by molar-refractivity contribution is 0.0696. The highest BCUT2D eigenvalue weighted by molar-refractivity contribution is 7.13. The molecule has 1 N–H and O–H groups in total. The van der Waals surface area contributed by atoms with Gasteiger partial charge in [0.1, 0.15) is 0 Å². The predicted molar refractivity (Wildman–Crippen MR) is 96.5 cm³/mol. The van der Waals surface area contributed by atoms with E-state index in [1.54, 1.807) is 11.3 Å². The van der Waals surface area contributed by atoms with Crippen LogP contribution in [0.25, 0.3) is 16.0 Å². The lowest BCUT2D eigenvalue weighted by Gasteiger charge is -2.07. The van der Waals surface area contributed by atoms with Gasteiger partial charge in [-0.3, -0.25) is 4.79 Å². The highest BCUT2D eigenvalue weighted by atomic mass is 32.1. The van der Waals surface area contributed by atoms with Gasteiger partial charge < -0.3 is 5.11 Å². The number of thiophene rings is 1. The van der Waals surface area contributed by atoms with E-state index in [1.165, 1.54) is 24.3 Å². The van der Waals surface area contributed by atoms with Crippen molar-refractivity contribution in [3.8, 4) is 10.4 Å². The summed E-state index contributed by atoms with van der Waals surface area (Å²) < 4.78 is 0. The van der Waals surface area contributed by atoms with Gasteiger partial charge >= 0.3 is 5.97 Å². The van der Waals surface area contributed by atoms with Crippen molar-refractivity contribution < 1.29 is 14.7 Å². The number of carboxylic acid groups (broad SMARTS) is 1. The van der Waals surface area contributed by atoms with Gasteiger partial charge in [0.25, 0.3) is 0 Å². The molecule has 0 saturated heterocycles. The molecular formula is C20H14O3S. The lowest BCUT2D eigenvalue weighted by Crippen LogP contribution is -2.03. The van der Waals surface area contributed by atoms with Gasteiger partial charge in [0.2, 0.25) is 0 Å². The monoisotopic (exact) mass is 334 g/mol. The number of allylic oxidation sites excluding steroid dienone is 1. The summed E-state index contributed by atoms with van der Waals surface area (Å²) >= 11 is 1.64. The zero-order valence-corrected chi connectivity index (χ0v) is 13.5. The van der Waals surface area contributed by atoms with Crippen molar-refractivity contribution >= 4 is 28.7 Å². The summed E-state index contributed by atoms with van der Waals surface area (Å²) in [5.74, 6) is -1.23. The summed E-state index contributed by atoms with van der Waals surface area (Å²) in [4.78, 5) is 24.6. The smallest absolute Gasteiger partial charge is 0.335 e. The largest absolute Gasteiger partial charge is 0.478 e. The van der Waals surface area contributed by atoms with Crippen LogP contribution in [0, 0.1) is 0 Å². The lowest BCUT2D eigenvalue weighted by atomic mass is 9.96. The van der Waals surface area contributed by atoms with E-state index >= 15 is 0 Å². The Morgan fingerprint density at radius 2 is 1.58 bits per heavy atom. The van der Waals surface area contributed by atoms with Gasteiger partial charge in [0.05, 0.1) is 5.56 Å². The van der Waals surface area contributed by atoms with Gasteiger partial charge in [0, 0.05) is 16.0 Å². The number of Topliss-reactive ketones (excluding diaryl/α,β-unsaturated/α-hetero) is 1. The van der Waals surface area contributed by atoms with Crippen molar-refractivity contribution in [2.24, 2.45) is 0 Å². The van der Waals surface area contributed by atoms with Crippen LogP contribution in [0.1, 0.15) is 26.3 Å². The van der Waals surface area contributed by atoms with Gasteiger partial charge in [-0.15, -0.1) is 11.3 Å². The molecule has 0 aliphatic heterocycles. The zero-order chi connectivity index (χ0) is 17.1. The maximum absolute atomic E-state index is 12.6. The Kier molecular flexibility index (Phi) is 4.40. The SMILES string of the molecule is C=C(C(=O)c1ccc(C(=O)O)cc1)c1cccc(-c2cccs2)c1. The number of hydrogen-bond donors (Lipinski definition) is 1. The third-order valence-electron chi connectivity index (χ3n) is 3.68. The van der Waals surface area contributed by atoms with Gasteiger partial charge in [0.15, 0.2) is 5.78 Å². The number of carbonyl (C=O) groups is 2. The molecule has 0 aliphatic carbocycles. The maximum Gasteiger partial charge on any atom is 0.335 e. The van der Waals surface area contributed by atoms with E-state index in [0.29, 0.717) is 11.1 Å². The summed E-state index contributed by atoms with van der Waals surface area (Å²) in [6.07, 6.45) is 0. The molecule has 3 aromatic rings. The molecule has 0 spiro atoms. The fourth-order valence-electron chi connectivity index (χ4n) is 2.37. The van der Waals surface area contributed by atoms with E-state index in [1.807, 2.05) is 41.8 Å². The summed E-state index contributed by atoms with van der Waals surface area (Å²) in [5.41, 5.74) is 2.76. The molecule has 1 heterocycles. The average Bonchev–Trinajstić information content (AvgIpc) is 3.15. The van der Waals surface area contributed by atoms with E-state index in [-0.39, 0.29) is 11.3 Å². The van der Waals surface area contributed by atoms with Crippen LogP contribution < -0.4 is 0 Å². The summed E-state index contributed by atoms with van der Waals surface area (Å²) in [6.45, 7) is 3.92. The van der Waals surface area contributed by atoms with Gasteiger partial charge in [-0.2, -0.15) is 0 Å². The highest BCUT2D eigenvalue weighted by Crippen LogP contribution is 2.28. The minimum atomic E-state index is -1.02. The summed E-state index contributed by atoms with van der Waals surface area (Å²) in [5, 5.41) is 10.9. The number of benzene rings is 2. The van der Waals surface area contributed by atoms with Crippen LogP contribution >= 0.6 is 11.3 Å². The fraction of sp³-hybridized carbons (Fsp3) is 0. The minimum Gasteiger partial charge on any atom is -0.478 e. The second kappa shape index (κ2) is 6.64. The molecular weight excluding hydrogens is 320 g/mol. The Hall–Kier alpha value is -2.98. The van der Waals surface area contributed by atoms with E-state index in [9.17, 15) is 9.59 Å². The molecule has 3 nitrogen and oxygen atoms in total. The third-order valence-corrected chi connectivity index (χ3v) is 4.60. The molecule has 1 aromatic heterocycles. The Balaban J connectivity index is 1.87. The Morgan fingerprint density at radius 1 is 0.875 bits per heavy atom. The molecule has 24 heavy (non-hydrogen) atoms. The molecule has 0 amide bonds. The normalized spacial score (nSPS) is 10.3. The van der Waals surface area contributed by atoms with Crippen molar-refractivity contribution in [3.63, 3.8) is 0 Å². The molecule has 4 heteroatoms. The molecule has 0 unspecified atom stereocenters. The minimum absolute atomic E-state index is 0.150. The van der Waals surface area contributed by atoms with E-state index < -0.39 is 5.97 Å². The Labute approximate surface area is 143 Å². The molecule has 3 rings (SSSR count). The second-order valence-electron chi connectivity index (χ2n) is 5.25. The molecule has 0 bridgehead atoms. The second-order valence-corrected chi connectivity index (χ2v) is 6.20. The van der Waals surface area contributed by atoms with Crippen LogP contribution in [0.15, 0.2) is 72.6 Å². The molecule has 2 aromatic carbocycles. The summed E-state index contributed by atoms with van der Waals surface area (Å²) in [6, 6.07) is 17.6. The van der Waals surface area contributed by atoms with Crippen molar-refractivity contribution in [2.75, 3.05) is 0 Å². The average molecular weight is 334 g/mol. The number of carbonyl (C=O) groups excluding carboxylic acids is 1. The zero-order valence-electron chi connectivity index (χ0n) is 12.7. The number of aromatic carboxylic acids is 1. The van der Waals surface area contributed by atoms with Gasteiger partial charge in [-0.1, -0.05) is 43.0 Å². The molecule has 0 radical (unpaired) electrons. The first-order valence-corrected chi connectivity index (χ1v) is 8.15. The third kappa shape index (κ3) is 3.19. The van der Waals surface area contributed by atoms with Crippen molar-refractivity contribution in [1.82, 2.24) is 0 Å². The van der Waals surface area contributed by atoms with Crippen LogP contribution in [0.5, 0.6) is 0 Å². The predicted octanol–water partition coefficient (Wildman–Crippen LogP) is 5.01. The van der Waals surface area contributed by atoms with Crippen molar-refractivity contribution in [1.29, 1.82) is 0 Å². The molecule has 0 saturated carbocycles. The number of rotatable bonds is 5.